The molecule has 0 unspecified atom stereocenters. The van der Waals surface area contributed by atoms with Crippen LogP contribution in [0.25, 0.3) is 5.69 Å². The predicted molar refractivity (Wildman–Crippen MR) is 66.6 cm³/mol. The highest BCUT2D eigenvalue weighted by molar-refractivity contribution is 5.99. The van der Waals surface area contributed by atoms with E-state index in [0.29, 0.717) is 18.7 Å². The molecule has 3 heterocycles. The van der Waals surface area contributed by atoms with Gasteiger partial charge in [0, 0.05) is 6.54 Å². The summed E-state index contributed by atoms with van der Waals surface area (Å²) in [6, 6.07) is 3.98. The third-order valence-electron chi connectivity index (χ3n) is 4.05. The number of aromatic nitrogens is 2. The first kappa shape index (κ1) is 12.0. The molecule has 104 valence electrons. The van der Waals surface area contributed by atoms with Crippen LogP contribution in [0.3, 0.4) is 0 Å². The van der Waals surface area contributed by atoms with Crippen LogP contribution < -0.4 is 0 Å². The Balaban J connectivity index is 2.09. The van der Waals surface area contributed by atoms with Gasteiger partial charge >= 0.3 is 0 Å². The zero-order chi connectivity index (χ0) is 14.7. The number of nitriles is 1. The van der Waals surface area contributed by atoms with Crippen molar-refractivity contribution in [2.75, 3.05) is 6.54 Å². The molecule has 1 aromatic carbocycles. The van der Waals surface area contributed by atoms with Crippen LogP contribution in [0.15, 0.2) is 18.5 Å². The molecule has 1 amide bonds. The lowest BCUT2D eigenvalue weighted by atomic mass is 9.98. The van der Waals surface area contributed by atoms with E-state index < -0.39 is 17.5 Å². The van der Waals surface area contributed by atoms with Gasteiger partial charge in [-0.05, 0) is 18.6 Å². The first-order chi connectivity index (χ1) is 10.1. The maximum Gasteiger partial charge on any atom is 0.259 e. The molecular formula is C14H8F2N4O. The molecule has 1 aromatic heterocycles. The van der Waals surface area contributed by atoms with Gasteiger partial charge in [-0.15, -0.1) is 0 Å². The van der Waals surface area contributed by atoms with Crippen molar-refractivity contribution in [2.45, 2.75) is 12.5 Å². The van der Waals surface area contributed by atoms with Crippen molar-refractivity contribution in [1.82, 2.24) is 14.5 Å². The Morgan fingerprint density at radius 3 is 2.86 bits per heavy atom. The van der Waals surface area contributed by atoms with E-state index in [4.69, 9.17) is 5.26 Å². The Morgan fingerprint density at radius 2 is 2.19 bits per heavy atom. The second-order valence-electron chi connectivity index (χ2n) is 5.02. The number of carbonyl (C=O) groups is 1. The van der Waals surface area contributed by atoms with Crippen molar-refractivity contribution in [3.63, 3.8) is 0 Å². The van der Waals surface area contributed by atoms with Crippen LogP contribution in [0, 0.1) is 23.0 Å². The number of imidazole rings is 1. The van der Waals surface area contributed by atoms with Crippen molar-refractivity contribution in [3.05, 3.63) is 47.0 Å². The van der Waals surface area contributed by atoms with Crippen LogP contribution >= 0.6 is 0 Å². The fourth-order valence-corrected chi connectivity index (χ4v) is 2.96. The minimum absolute atomic E-state index is 0.204. The molecule has 7 heteroatoms. The molecule has 5 nitrogen and oxygen atoms in total. The largest absolute Gasteiger partial charge is 0.330 e. The first-order valence-electron chi connectivity index (χ1n) is 6.40. The zero-order valence-electron chi connectivity index (χ0n) is 10.7. The second-order valence-corrected chi connectivity index (χ2v) is 5.02. The lowest BCUT2D eigenvalue weighted by Gasteiger charge is -2.39. The molecule has 0 radical (unpaired) electrons. The normalized spacial score (nSPS) is 19.0. The number of carbonyl (C=O) groups excluding carboxylic acids is 1. The fourth-order valence-electron chi connectivity index (χ4n) is 2.96. The van der Waals surface area contributed by atoms with Crippen molar-refractivity contribution >= 4 is 5.91 Å². The van der Waals surface area contributed by atoms with Gasteiger partial charge in [-0.25, -0.2) is 13.8 Å². The summed E-state index contributed by atoms with van der Waals surface area (Å²) in [7, 11) is 0. The van der Waals surface area contributed by atoms with Crippen LogP contribution in [0.5, 0.6) is 0 Å². The molecule has 0 spiro atoms. The number of amides is 1. The van der Waals surface area contributed by atoms with Gasteiger partial charge in [0.2, 0.25) is 0 Å². The van der Waals surface area contributed by atoms with Crippen molar-refractivity contribution in [3.8, 4) is 11.8 Å². The van der Waals surface area contributed by atoms with Gasteiger partial charge in [-0.2, -0.15) is 5.26 Å². The first-order valence-corrected chi connectivity index (χ1v) is 6.40. The summed E-state index contributed by atoms with van der Waals surface area (Å²) in [6.07, 6.45) is 2.05. The van der Waals surface area contributed by atoms with Gasteiger partial charge in [0.05, 0.1) is 17.4 Å². The van der Waals surface area contributed by atoms with E-state index in [0.717, 1.165) is 6.07 Å². The highest BCUT2D eigenvalue weighted by atomic mass is 19.2. The number of nitrogens with zero attached hydrogens (tertiary/aromatic N) is 4. The summed E-state index contributed by atoms with van der Waals surface area (Å²) in [5, 5.41) is 9.15. The number of benzene rings is 1. The fraction of sp³-hybridized carbons (Fsp3) is 0.214. The Labute approximate surface area is 118 Å². The molecule has 1 fully saturated rings. The molecule has 2 aliphatic heterocycles. The van der Waals surface area contributed by atoms with Crippen molar-refractivity contribution < 1.29 is 13.6 Å². The molecule has 4 rings (SSSR count). The standard InChI is InChI=1S/C14H8F2N4O/c15-7-1-2-9-11(12(7)16)14(21)19-4-3-10(19)13-8(5-17)18-6-20(9)13/h1-2,6,10H,3-4H2/t10-/m0/s1. The van der Waals surface area contributed by atoms with E-state index in [1.54, 1.807) is 0 Å². The summed E-state index contributed by atoms with van der Waals surface area (Å²) in [6.45, 7) is 0.453. The van der Waals surface area contributed by atoms with Crippen LogP contribution in [-0.2, 0) is 0 Å². The molecule has 0 aliphatic carbocycles. The van der Waals surface area contributed by atoms with Gasteiger partial charge in [0.1, 0.15) is 18.0 Å². The molecule has 0 N–H and O–H groups in total. The molecule has 2 aromatic rings. The van der Waals surface area contributed by atoms with E-state index in [1.807, 2.05) is 6.07 Å². The number of rotatable bonds is 0. The van der Waals surface area contributed by atoms with Gasteiger partial charge in [-0.1, -0.05) is 0 Å². The van der Waals surface area contributed by atoms with E-state index in [2.05, 4.69) is 4.98 Å². The van der Waals surface area contributed by atoms with Crippen molar-refractivity contribution in [1.29, 1.82) is 5.26 Å². The average molecular weight is 286 g/mol. The highest BCUT2D eigenvalue weighted by Gasteiger charge is 2.43. The predicted octanol–water partition coefficient (Wildman–Crippen LogP) is 1.92. The third-order valence-corrected chi connectivity index (χ3v) is 4.05. The van der Waals surface area contributed by atoms with Gasteiger partial charge in [-0.3, -0.25) is 9.36 Å². The smallest absolute Gasteiger partial charge is 0.259 e. The average Bonchev–Trinajstić information content (AvgIpc) is 2.81. The number of halogens is 2. The highest BCUT2D eigenvalue weighted by Crippen LogP contribution is 2.41. The maximum absolute atomic E-state index is 14.1. The molecule has 0 bridgehead atoms. The summed E-state index contributed by atoms with van der Waals surface area (Å²) < 4.78 is 29.1. The van der Waals surface area contributed by atoms with E-state index in [9.17, 15) is 13.6 Å². The molecule has 21 heavy (non-hydrogen) atoms. The summed E-state index contributed by atoms with van der Waals surface area (Å²) in [4.78, 5) is 17.9. The SMILES string of the molecule is N#Cc1ncn2c1[C@@H]1CCN1C(=O)c1c-2ccc(F)c1F. The van der Waals surface area contributed by atoms with Crippen LogP contribution in [0.4, 0.5) is 8.78 Å². The van der Waals surface area contributed by atoms with E-state index >= 15 is 0 Å². The number of fused-ring (bicyclic) bond motifs is 5. The Kier molecular flexibility index (Phi) is 2.22. The molecule has 1 atom stereocenters. The van der Waals surface area contributed by atoms with E-state index in [1.165, 1.54) is 21.9 Å². The Bertz CT molecular complexity index is 836. The minimum Gasteiger partial charge on any atom is -0.330 e. The quantitative estimate of drug-likeness (QED) is 0.743. The van der Waals surface area contributed by atoms with Crippen LogP contribution in [0.1, 0.15) is 34.2 Å². The van der Waals surface area contributed by atoms with Crippen LogP contribution in [0.2, 0.25) is 0 Å². The Morgan fingerprint density at radius 1 is 1.38 bits per heavy atom. The summed E-state index contributed by atoms with van der Waals surface area (Å²) in [5.74, 6) is -2.78. The molecule has 2 aliphatic rings. The minimum atomic E-state index is -1.16. The molecule has 0 saturated carbocycles. The van der Waals surface area contributed by atoms with Gasteiger partial charge in [0.25, 0.3) is 5.91 Å². The van der Waals surface area contributed by atoms with Crippen LogP contribution in [-0.4, -0.2) is 26.9 Å². The topological polar surface area (TPSA) is 61.9 Å². The lowest BCUT2D eigenvalue weighted by molar-refractivity contribution is 0.0454. The van der Waals surface area contributed by atoms with Gasteiger partial charge in [0.15, 0.2) is 17.3 Å². The Hall–Kier alpha value is -2.75. The summed E-state index contributed by atoms with van der Waals surface area (Å²) in [5.41, 5.74) is 0.676. The zero-order valence-corrected chi connectivity index (χ0v) is 10.7. The number of hydrogen-bond acceptors (Lipinski definition) is 3. The third kappa shape index (κ3) is 1.36. The van der Waals surface area contributed by atoms with Crippen molar-refractivity contribution in [2.24, 2.45) is 0 Å². The maximum atomic E-state index is 14.1. The second kappa shape index (κ2) is 3.88. The van der Waals surface area contributed by atoms with Gasteiger partial charge < -0.3 is 4.90 Å². The van der Waals surface area contributed by atoms with E-state index in [-0.39, 0.29) is 23.0 Å². The monoisotopic (exact) mass is 286 g/mol. The molecule has 1 saturated heterocycles. The lowest BCUT2D eigenvalue weighted by Crippen LogP contribution is -2.45. The number of hydrogen-bond donors (Lipinski definition) is 0. The summed E-state index contributed by atoms with van der Waals surface area (Å²) >= 11 is 0. The molecular weight excluding hydrogens is 278 g/mol.